The Kier molecular flexibility index (Phi) is 6.61. The third-order valence-electron chi connectivity index (χ3n) is 9.22. The molecule has 4 heterocycles. The van der Waals surface area contributed by atoms with Crippen molar-refractivity contribution in [2.45, 2.75) is 38.9 Å². The Balaban J connectivity index is 1.14. The van der Waals surface area contributed by atoms with Gasteiger partial charge in [-0.3, -0.25) is 0 Å². The van der Waals surface area contributed by atoms with Crippen LogP contribution < -0.4 is 9.47 Å². The summed E-state index contributed by atoms with van der Waals surface area (Å²) in [7, 11) is 0. The first-order valence-corrected chi connectivity index (χ1v) is 18.6. The molecule has 3 aromatic carbocycles. The summed E-state index contributed by atoms with van der Waals surface area (Å²) in [5.74, 6) is 1.23. The molecule has 5 aromatic rings. The van der Waals surface area contributed by atoms with Gasteiger partial charge in [0.2, 0.25) is 11.8 Å². The minimum Gasteiger partial charge on any atom is -0.466 e. The number of allylic oxidation sites excluding steroid dienone is 2. The number of thiazole rings is 2. The molecule has 234 valence electrons. The molecule has 2 aliphatic carbocycles. The summed E-state index contributed by atoms with van der Waals surface area (Å²) in [6, 6.07) is 20.6. The second-order valence-corrected chi connectivity index (χ2v) is 16.8. The first-order chi connectivity index (χ1) is 22.9. The summed E-state index contributed by atoms with van der Waals surface area (Å²) >= 11 is 26.5. The van der Waals surface area contributed by atoms with Crippen LogP contribution in [0.5, 0.6) is 11.8 Å². The van der Waals surface area contributed by atoms with Crippen molar-refractivity contribution < 1.29 is 9.47 Å². The first-order valence-electron chi connectivity index (χ1n) is 15.3. The normalized spacial score (nSPS) is 17.5. The van der Waals surface area contributed by atoms with E-state index in [1.54, 1.807) is 22.7 Å². The molecule has 2 aromatic heterocycles. The minimum atomic E-state index is -0.629. The van der Waals surface area contributed by atoms with Gasteiger partial charge in [-0.2, -0.15) is 0 Å². The SMILES string of the molecule is CC1(C)Oc2nc(C=C3C(=S)c4ccccc4C3=S)sc2-c2cc3c(cc21)-c1sc(C=C2C(=S)c4ccccc4C2=S)nc1OC3(C)C. The van der Waals surface area contributed by atoms with Gasteiger partial charge in [-0.25, -0.2) is 9.97 Å². The molecular weight excluding hydrogens is 709 g/mol. The number of hydrogen-bond donors (Lipinski definition) is 0. The Bertz CT molecular complexity index is 2200. The van der Waals surface area contributed by atoms with E-state index in [0.29, 0.717) is 11.8 Å². The number of ether oxygens (including phenoxy) is 2. The lowest BCUT2D eigenvalue weighted by Crippen LogP contribution is -2.32. The van der Waals surface area contributed by atoms with Crippen LogP contribution in [0.3, 0.4) is 0 Å². The van der Waals surface area contributed by atoms with Crippen molar-refractivity contribution in [3.63, 3.8) is 0 Å². The molecule has 9 rings (SSSR count). The Morgan fingerprint density at radius 2 is 0.875 bits per heavy atom. The average molecular weight is 733 g/mol. The van der Waals surface area contributed by atoms with Gasteiger partial charge >= 0.3 is 0 Å². The van der Waals surface area contributed by atoms with Crippen LogP contribution in [-0.4, -0.2) is 29.4 Å². The van der Waals surface area contributed by atoms with E-state index in [1.165, 1.54) is 0 Å². The molecule has 0 bridgehead atoms. The lowest BCUT2D eigenvalue weighted by Gasteiger charge is -2.37. The van der Waals surface area contributed by atoms with Gasteiger partial charge in [-0.15, -0.1) is 22.7 Å². The van der Waals surface area contributed by atoms with Crippen LogP contribution in [0.4, 0.5) is 0 Å². The van der Waals surface area contributed by atoms with E-state index in [9.17, 15) is 0 Å². The van der Waals surface area contributed by atoms with Gasteiger partial charge in [0.15, 0.2) is 0 Å². The van der Waals surface area contributed by atoms with Crippen LogP contribution >= 0.6 is 71.5 Å². The molecule has 4 aliphatic rings. The fourth-order valence-electron chi connectivity index (χ4n) is 6.86. The minimum absolute atomic E-state index is 0.614. The molecule has 0 N–H and O–H groups in total. The van der Waals surface area contributed by atoms with Gasteiger partial charge in [0.25, 0.3) is 0 Å². The van der Waals surface area contributed by atoms with Crippen LogP contribution in [-0.2, 0) is 11.2 Å². The third kappa shape index (κ3) is 4.40. The molecule has 0 saturated carbocycles. The molecule has 0 unspecified atom stereocenters. The lowest BCUT2D eigenvalue weighted by molar-refractivity contribution is 0.0953. The third-order valence-corrected chi connectivity index (χ3v) is 13.0. The number of rotatable bonds is 2. The van der Waals surface area contributed by atoms with Crippen molar-refractivity contribution in [3.8, 4) is 32.6 Å². The summed E-state index contributed by atoms with van der Waals surface area (Å²) in [4.78, 5) is 14.9. The predicted octanol–water partition coefficient (Wildman–Crippen LogP) is 10.3. The maximum Gasteiger partial charge on any atom is 0.234 e. The van der Waals surface area contributed by atoms with Gasteiger partial charge in [0, 0.05) is 55.7 Å². The fraction of sp³-hybridized carbons (Fsp3) is 0.158. The molecule has 0 spiro atoms. The number of thiocarbonyl (C=S) groups is 4. The van der Waals surface area contributed by atoms with Crippen LogP contribution in [0.25, 0.3) is 33.0 Å². The van der Waals surface area contributed by atoms with Crippen LogP contribution in [0, 0.1) is 0 Å². The topological polar surface area (TPSA) is 44.2 Å². The number of nitrogens with zero attached hydrogens (tertiary/aromatic N) is 2. The molecule has 10 heteroatoms. The van der Waals surface area contributed by atoms with Crippen molar-refractivity contribution in [1.29, 1.82) is 0 Å². The van der Waals surface area contributed by atoms with Crippen molar-refractivity contribution >= 4 is 103 Å². The molecule has 0 radical (unpaired) electrons. The van der Waals surface area contributed by atoms with E-state index >= 15 is 0 Å². The maximum atomic E-state index is 6.61. The van der Waals surface area contributed by atoms with Crippen molar-refractivity contribution in [2.75, 3.05) is 0 Å². The second kappa shape index (κ2) is 10.4. The van der Waals surface area contributed by atoms with Crippen LogP contribution in [0.15, 0.2) is 71.8 Å². The van der Waals surface area contributed by atoms with E-state index in [1.807, 2.05) is 60.7 Å². The monoisotopic (exact) mass is 732 g/mol. The number of fused-ring (bicyclic) bond motifs is 8. The van der Waals surface area contributed by atoms with E-state index in [0.717, 1.165) is 94.9 Å². The van der Waals surface area contributed by atoms with Crippen LogP contribution in [0.2, 0.25) is 0 Å². The zero-order chi connectivity index (χ0) is 33.3. The summed E-state index contributed by atoms with van der Waals surface area (Å²) in [5, 5.41) is 1.61. The highest BCUT2D eigenvalue weighted by atomic mass is 32.1. The Morgan fingerprint density at radius 3 is 1.21 bits per heavy atom. The molecular formula is C38H24N2O2S6. The van der Waals surface area contributed by atoms with E-state index in [-0.39, 0.29) is 0 Å². The second-order valence-electron chi connectivity index (χ2n) is 13.1. The molecule has 0 saturated heterocycles. The lowest BCUT2D eigenvalue weighted by atomic mass is 9.81. The molecule has 4 nitrogen and oxygen atoms in total. The zero-order valence-electron chi connectivity index (χ0n) is 26.1. The van der Waals surface area contributed by atoms with Gasteiger partial charge in [0.05, 0.1) is 29.2 Å². The Hall–Kier alpha value is -3.64. The standard InChI is InChI=1S/C38H24N2O2S6/c1-37(2)25-13-22-26(14-21(25)33-35(41-37)39-27(47-33)15-23-29(43)17-9-5-6-10-18(17)30(23)44)38(3,4)42-36-34(22)48-28(40-36)16-24-31(45)19-11-7-8-12-20(19)32(24)46/h5-16H,1-4H3. The van der Waals surface area contributed by atoms with Gasteiger partial charge in [-0.05, 0) is 52.0 Å². The molecule has 0 atom stereocenters. The van der Waals surface area contributed by atoms with Crippen molar-refractivity contribution in [1.82, 2.24) is 9.97 Å². The van der Waals surface area contributed by atoms with Gasteiger partial charge < -0.3 is 9.47 Å². The quantitative estimate of drug-likeness (QED) is 0.131. The van der Waals surface area contributed by atoms with E-state index < -0.39 is 11.2 Å². The zero-order valence-corrected chi connectivity index (χ0v) is 31.0. The fourth-order valence-corrected chi connectivity index (χ4v) is 10.3. The average Bonchev–Trinajstić information content (AvgIpc) is 3.77. The first kappa shape index (κ1) is 30.4. The van der Waals surface area contributed by atoms with Crippen LogP contribution in [0.1, 0.15) is 71.1 Å². The Morgan fingerprint density at radius 1 is 0.542 bits per heavy atom. The molecule has 0 fully saturated rings. The summed E-state index contributed by atoms with van der Waals surface area (Å²) in [6.45, 7) is 8.35. The number of hydrogen-bond acceptors (Lipinski definition) is 10. The smallest absolute Gasteiger partial charge is 0.234 e. The van der Waals surface area contributed by atoms with Gasteiger partial charge in [0.1, 0.15) is 21.2 Å². The molecule has 0 amide bonds. The van der Waals surface area contributed by atoms with E-state index in [4.69, 9.17) is 68.3 Å². The number of aromatic nitrogens is 2. The van der Waals surface area contributed by atoms with Gasteiger partial charge in [-0.1, -0.05) is 97.4 Å². The Labute approximate surface area is 307 Å². The van der Waals surface area contributed by atoms with Crippen molar-refractivity contribution in [3.05, 3.63) is 115 Å². The maximum absolute atomic E-state index is 6.61. The highest BCUT2D eigenvalue weighted by Gasteiger charge is 2.42. The highest BCUT2D eigenvalue weighted by molar-refractivity contribution is 7.84. The summed E-state index contributed by atoms with van der Waals surface area (Å²) in [5.41, 5.74) is 8.82. The molecule has 2 aliphatic heterocycles. The largest absolute Gasteiger partial charge is 0.466 e. The highest BCUT2D eigenvalue weighted by Crippen LogP contribution is 2.55. The summed E-state index contributed by atoms with van der Waals surface area (Å²) < 4.78 is 13.2. The van der Waals surface area contributed by atoms with E-state index in [2.05, 4.69) is 39.8 Å². The summed E-state index contributed by atoms with van der Waals surface area (Å²) in [6.07, 6.45) is 4.02. The predicted molar refractivity (Wildman–Crippen MR) is 212 cm³/mol. The molecule has 48 heavy (non-hydrogen) atoms. The number of benzene rings is 3. The van der Waals surface area contributed by atoms with Crippen molar-refractivity contribution in [2.24, 2.45) is 0 Å².